The van der Waals surface area contributed by atoms with Crippen LogP contribution in [-0.2, 0) is 98.3 Å². The van der Waals surface area contributed by atoms with Gasteiger partial charge >= 0.3 is 37.2 Å². The number of rotatable bonds is 28. The van der Waals surface area contributed by atoms with E-state index in [0.29, 0.717) is 24.3 Å². The summed E-state index contributed by atoms with van der Waals surface area (Å²) in [5.41, 5.74) is 4.16. The molecule has 0 aromatic heterocycles. The summed E-state index contributed by atoms with van der Waals surface area (Å²) in [6.07, 6.45) is 0. The lowest BCUT2D eigenvalue weighted by Gasteiger charge is -2.14. The van der Waals surface area contributed by atoms with Crippen molar-refractivity contribution in [1.29, 1.82) is 0 Å². The lowest BCUT2D eigenvalue weighted by molar-refractivity contribution is -0.114. The van der Waals surface area contributed by atoms with Crippen LogP contribution in [0, 0.1) is 0 Å². The zero-order valence-electron chi connectivity index (χ0n) is 43.3. The number of hydrogen-bond acceptors (Lipinski definition) is 32. The van der Waals surface area contributed by atoms with E-state index in [9.17, 15) is 91.1 Å². The molecule has 0 spiro atoms. The van der Waals surface area contributed by atoms with Crippen molar-refractivity contribution in [2.24, 2.45) is 40.9 Å². The van der Waals surface area contributed by atoms with Gasteiger partial charge in [-0.25, -0.2) is 42.6 Å². The summed E-state index contributed by atoms with van der Waals surface area (Å²) in [4.78, 5) is 21.1. The standard InChI is InChI=1S/C40H41N11O28S8/c1-21(52)43-28-19-30(31(76-2)20-29(28)47-45-26-9-7-24(17-32(26)83(61,62)63)81(57,58)15-12-78-86(70,71)72)48-50-38-34(40(53)54)37(49-44-22-3-5-23(6-4-22)80(55,56)14-11-77-85(67,68)69)35(41)39(36(38)42)51-46-27-10-8-25(18-33(27)84(64,65)66)82(59,60)16-13-79-87(73,74)75/h3-10,17-20H,11-16,41-42H2,1-2H3,(H,43,52)(H,53,54)(H,61,62,63)(H,64,65,66)(H,67,68,69)(H,70,71,72)(H,73,74,75). The number of nitrogens with one attached hydrogen (secondary N) is 1. The van der Waals surface area contributed by atoms with E-state index in [1.165, 1.54) is 0 Å². The Balaban J connectivity index is 1.71. The first kappa shape index (κ1) is 69.9. The highest BCUT2D eigenvalue weighted by Crippen LogP contribution is 2.50. The fourth-order valence-electron chi connectivity index (χ4n) is 6.64. The molecule has 39 nitrogen and oxygen atoms in total. The summed E-state index contributed by atoms with van der Waals surface area (Å²) in [5, 5.41) is 43.9. The van der Waals surface area contributed by atoms with Gasteiger partial charge in [-0.1, -0.05) is 0 Å². The Bertz CT molecular complexity index is 4660. The third kappa shape index (κ3) is 19.6. The molecule has 0 bridgehead atoms. The number of nitrogen functional groups attached to an aromatic ring is 2. The second-order valence-corrected chi connectivity index (χ2v) is 28.9. The molecule has 1 amide bonds. The molecule has 0 atom stereocenters. The molecule has 87 heavy (non-hydrogen) atoms. The maximum Gasteiger partial charge on any atom is 0.397 e. The molecular weight excluding hydrogens is 1340 g/mol. The first-order valence-electron chi connectivity index (χ1n) is 22.4. The van der Waals surface area contributed by atoms with E-state index in [1.807, 2.05) is 0 Å². The van der Waals surface area contributed by atoms with E-state index in [1.54, 1.807) is 0 Å². The van der Waals surface area contributed by atoms with Crippen LogP contribution in [0.4, 0.5) is 62.6 Å². The average Bonchev–Trinajstić information content (AvgIpc) is 0.923. The molecule has 0 aliphatic heterocycles. The summed E-state index contributed by atoms with van der Waals surface area (Å²) in [7, 11) is -38.6. The Morgan fingerprint density at radius 1 is 0.471 bits per heavy atom. The van der Waals surface area contributed by atoms with Gasteiger partial charge in [0.05, 0.1) is 81.6 Å². The number of amides is 1. The molecule has 0 unspecified atom stereocenters. The lowest BCUT2D eigenvalue weighted by Crippen LogP contribution is -2.16. The molecule has 11 N–H and O–H groups in total. The number of ether oxygens (including phenoxy) is 1. The number of carboxylic acid groups (broad SMARTS) is 1. The van der Waals surface area contributed by atoms with Crippen molar-refractivity contribution in [2.75, 3.05) is 61.0 Å². The van der Waals surface area contributed by atoms with Gasteiger partial charge in [-0.2, -0.15) is 47.2 Å². The van der Waals surface area contributed by atoms with Crippen LogP contribution in [-0.4, -0.2) is 151 Å². The van der Waals surface area contributed by atoms with Crippen LogP contribution in [0.5, 0.6) is 5.75 Å². The van der Waals surface area contributed by atoms with E-state index in [0.717, 1.165) is 62.6 Å². The molecule has 5 aromatic carbocycles. The Morgan fingerprint density at radius 3 is 1.23 bits per heavy atom. The highest BCUT2D eigenvalue weighted by atomic mass is 32.3. The van der Waals surface area contributed by atoms with Gasteiger partial charge in [0, 0.05) is 13.0 Å². The number of nitrogens with zero attached hydrogens (tertiary/aromatic N) is 8. The van der Waals surface area contributed by atoms with Gasteiger partial charge < -0.3 is 26.6 Å². The number of hydrogen-bond donors (Lipinski definition) is 9. The van der Waals surface area contributed by atoms with Gasteiger partial charge in [-0.15, -0.1) is 35.8 Å². The number of carbonyl (C=O) groups excluding carboxylic acids is 1. The molecule has 0 heterocycles. The number of carbonyl (C=O) groups is 2. The zero-order chi connectivity index (χ0) is 65.5. The highest BCUT2D eigenvalue weighted by Gasteiger charge is 2.29. The van der Waals surface area contributed by atoms with E-state index < -0.39 is 211 Å². The number of methoxy groups -OCH3 is 1. The minimum absolute atomic E-state index is 0.256. The number of nitrogens with two attached hydrogens (primary N) is 2. The number of anilines is 3. The number of azo groups is 4. The van der Waals surface area contributed by atoms with E-state index in [-0.39, 0.29) is 17.1 Å². The molecule has 0 saturated heterocycles. The van der Waals surface area contributed by atoms with Crippen LogP contribution in [0.3, 0.4) is 0 Å². The Morgan fingerprint density at radius 2 is 0.839 bits per heavy atom. The molecule has 47 heteroatoms. The van der Waals surface area contributed by atoms with Gasteiger partial charge in [0.25, 0.3) is 20.2 Å². The summed E-state index contributed by atoms with van der Waals surface area (Å²) in [5.74, 6) is -6.42. The predicted molar refractivity (Wildman–Crippen MR) is 294 cm³/mol. The fraction of sp³-hybridized carbons (Fsp3) is 0.200. The maximum atomic E-state index is 13.2. The summed E-state index contributed by atoms with van der Waals surface area (Å²) >= 11 is 0. The smallest absolute Gasteiger partial charge is 0.397 e. The Hall–Kier alpha value is -7.88. The zero-order valence-corrected chi connectivity index (χ0v) is 49.9. The summed E-state index contributed by atoms with van der Waals surface area (Å²) in [6, 6.07) is 9.48. The van der Waals surface area contributed by atoms with Crippen LogP contribution < -0.4 is 21.5 Å². The quantitative estimate of drug-likeness (QED) is 0.0190. The third-order valence-electron chi connectivity index (χ3n) is 10.4. The first-order chi connectivity index (χ1) is 39.9. The molecule has 472 valence electrons. The van der Waals surface area contributed by atoms with Crippen molar-refractivity contribution in [3.8, 4) is 5.75 Å². The Kier molecular flexibility index (Phi) is 21.7. The summed E-state index contributed by atoms with van der Waals surface area (Å²) in [6.45, 7) is -2.28. The largest absolute Gasteiger partial charge is 0.494 e. The van der Waals surface area contributed by atoms with Gasteiger partial charge in [0.1, 0.15) is 60.9 Å². The molecule has 0 aliphatic carbocycles. The van der Waals surface area contributed by atoms with E-state index in [2.05, 4.69) is 58.8 Å². The lowest BCUT2D eigenvalue weighted by atomic mass is 10.1. The predicted octanol–water partition coefficient (Wildman–Crippen LogP) is 4.45. The van der Waals surface area contributed by atoms with Gasteiger partial charge in [-0.3, -0.25) is 27.6 Å². The molecule has 0 radical (unpaired) electrons. The third-order valence-corrected chi connectivity index (χ3v) is 18.7. The monoisotopic (exact) mass is 1380 g/mol. The molecular formula is C40H41N11O28S8. The van der Waals surface area contributed by atoms with Crippen LogP contribution in [0.1, 0.15) is 17.3 Å². The van der Waals surface area contributed by atoms with Crippen molar-refractivity contribution < 1.29 is 122 Å². The first-order valence-corrected chi connectivity index (χ1v) is 34.4. The van der Waals surface area contributed by atoms with Crippen molar-refractivity contribution in [3.63, 3.8) is 0 Å². The molecule has 0 aliphatic rings. The van der Waals surface area contributed by atoms with Gasteiger partial charge in [0.2, 0.25) is 5.91 Å². The SMILES string of the molecule is COc1cc(N=Nc2ccc(S(=O)(=O)CCOS(=O)(=O)O)cc2S(=O)(=O)O)c(NC(C)=O)cc1N=Nc1c(N)c(N=Nc2ccc(S(=O)(=O)CCOS(=O)(=O)O)cc2S(=O)(=O)O)c(N)c(N=Nc2ccc(S(=O)(=O)CCOS(=O)(=O)O)cc2)c1C(=O)O. The highest BCUT2D eigenvalue weighted by molar-refractivity contribution is 7.92. The minimum atomic E-state index is -5.48. The minimum Gasteiger partial charge on any atom is -0.494 e. The van der Waals surface area contributed by atoms with Crippen molar-refractivity contribution in [1.82, 2.24) is 0 Å². The normalized spacial score (nSPS) is 13.3. The van der Waals surface area contributed by atoms with Gasteiger partial charge in [0.15, 0.2) is 29.5 Å². The summed E-state index contributed by atoms with van der Waals surface area (Å²) < 4.78 is 257. The topological polar surface area (TPSA) is 629 Å². The number of benzene rings is 5. The van der Waals surface area contributed by atoms with E-state index in [4.69, 9.17) is 29.9 Å². The van der Waals surface area contributed by atoms with Crippen molar-refractivity contribution in [2.45, 2.75) is 31.4 Å². The maximum absolute atomic E-state index is 13.2. The number of carboxylic acids is 1. The Labute approximate surface area is 492 Å². The van der Waals surface area contributed by atoms with Gasteiger partial charge in [-0.05, 0) is 66.7 Å². The molecule has 5 aromatic rings. The average molecular weight is 1380 g/mol. The second-order valence-electron chi connectivity index (χ2n) is 16.5. The molecule has 0 fully saturated rings. The van der Waals surface area contributed by atoms with Crippen molar-refractivity contribution in [3.05, 3.63) is 78.4 Å². The van der Waals surface area contributed by atoms with E-state index >= 15 is 0 Å². The van der Waals surface area contributed by atoms with Crippen LogP contribution in [0.2, 0.25) is 0 Å². The fourth-order valence-corrected chi connectivity index (χ4v) is 12.6. The number of aromatic carboxylic acids is 1. The molecule has 5 rings (SSSR count). The molecule has 0 saturated carbocycles. The van der Waals surface area contributed by atoms with Crippen LogP contribution in [0.15, 0.2) is 138 Å². The van der Waals surface area contributed by atoms with Crippen LogP contribution >= 0.6 is 0 Å². The van der Waals surface area contributed by atoms with Crippen molar-refractivity contribution >= 4 is 155 Å². The number of sulfone groups is 3. The van der Waals surface area contributed by atoms with Crippen LogP contribution in [0.25, 0.3) is 0 Å². The second kappa shape index (κ2) is 27.0.